The zero-order valence-corrected chi connectivity index (χ0v) is 15.1. The van der Waals surface area contributed by atoms with Gasteiger partial charge in [-0.05, 0) is 32.6 Å². The second-order valence-corrected chi connectivity index (χ2v) is 6.90. The van der Waals surface area contributed by atoms with Gasteiger partial charge in [0.25, 0.3) is 5.91 Å². The Labute approximate surface area is 152 Å². The van der Waals surface area contributed by atoms with E-state index < -0.39 is 0 Å². The van der Waals surface area contributed by atoms with Crippen LogP contribution in [0.2, 0.25) is 0 Å². The van der Waals surface area contributed by atoms with Gasteiger partial charge in [-0.2, -0.15) is 0 Å². The van der Waals surface area contributed by atoms with Gasteiger partial charge in [0.1, 0.15) is 17.9 Å². The number of hydrogen-bond acceptors (Lipinski definition) is 7. The van der Waals surface area contributed by atoms with Crippen molar-refractivity contribution in [3.63, 3.8) is 0 Å². The quantitative estimate of drug-likeness (QED) is 0.809. The van der Waals surface area contributed by atoms with Crippen molar-refractivity contribution >= 4 is 11.7 Å². The van der Waals surface area contributed by atoms with E-state index in [1.807, 2.05) is 11.0 Å². The largest absolute Gasteiger partial charge is 0.481 e. The van der Waals surface area contributed by atoms with Crippen LogP contribution in [0.4, 0.5) is 5.82 Å². The summed E-state index contributed by atoms with van der Waals surface area (Å²) in [6.45, 7) is 3.21. The number of aryl methyl sites for hydroxylation is 1. The molecule has 8 heteroatoms. The summed E-state index contributed by atoms with van der Waals surface area (Å²) in [6, 6.07) is 4.48. The Kier molecular flexibility index (Phi) is 4.48. The average Bonchev–Trinajstić information content (AvgIpc) is 3.41. The SMILES string of the molecule is COc1cc(N(C2CC2)C2CCN(C(=O)c3cc(C)on3)CC2)ncn1. The molecule has 4 rings (SSSR count). The van der Waals surface area contributed by atoms with E-state index in [-0.39, 0.29) is 5.91 Å². The molecule has 0 unspecified atom stereocenters. The van der Waals surface area contributed by atoms with Crippen LogP contribution in [0.3, 0.4) is 0 Å². The predicted octanol–water partition coefficient (Wildman–Crippen LogP) is 2.06. The van der Waals surface area contributed by atoms with Crippen molar-refractivity contribution < 1.29 is 14.1 Å². The molecular weight excluding hydrogens is 334 g/mol. The van der Waals surface area contributed by atoms with Gasteiger partial charge in [0, 0.05) is 37.3 Å². The maximum atomic E-state index is 12.5. The number of hydrogen-bond donors (Lipinski definition) is 0. The number of methoxy groups -OCH3 is 1. The van der Waals surface area contributed by atoms with Crippen LogP contribution in [0.25, 0.3) is 0 Å². The van der Waals surface area contributed by atoms with Gasteiger partial charge in [0.2, 0.25) is 5.88 Å². The van der Waals surface area contributed by atoms with Crippen molar-refractivity contribution in [1.82, 2.24) is 20.0 Å². The van der Waals surface area contributed by atoms with Gasteiger partial charge < -0.3 is 19.1 Å². The lowest BCUT2D eigenvalue weighted by atomic mass is 10.0. The lowest BCUT2D eigenvalue weighted by Gasteiger charge is -2.39. The molecule has 1 amide bonds. The number of aromatic nitrogens is 3. The maximum Gasteiger partial charge on any atom is 0.276 e. The third kappa shape index (κ3) is 3.36. The van der Waals surface area contributed by atoms with Crippen molar-refractivity contribution in [2.75, 3.05) is 25.1 Å². The van der Waals surface area contributed by atoms with Gasteiger partial charge >= 0.3 is 0 Å². The number of carbonyl (C=O) groups excluding carboxylic acids is 1. The van der Waals surface area contributed by atoms with Gasteiger partial charge in [-0.25, -0.2) is 9.97 Å². The molecule has 2 fully saturated rings. The molecule has 0 bridgehead atoms. The standard InChI is InChI=1S/C18H23N5O3/c1-12-9-15(21-26-12)18(24)22-7-5-14(6-8-22)23(13-3-4-13)16-10-17(25-2)20-11-19-16/h9-11,13-14H,3-8H2,1-2H3. The van der Waals surface area contributed by atoms with Crippen LogP contribution in [0, 0.1) is 6.92 Å². The molecule has 138 valence electrons. The van der Waals surface area contributed by atoms with Crippen LogP contribution in [-0.2, 0) is 0 Å². The molecule has 26 heavy (non-hydrogen) atoms. The second-order valence-electron chi connectivity index (χ2n) is 6.90. The Morgan fingerprint density at radius 3 is 2.54 bits per heavy atom. The lowest BCUT2D eigenvalue weighted by molar-refractivity contribution is 0.0701. The monoisotopic (exact) mass is 357 g/mol. The number of ether oxygens (including phenoxy) is 1. The van der Waals surface area contributed by atoms with Crippen LogP contribution >= 0.6 is 0 Å². The highest BCUT2D eigenvalue weighted by atomic mass is 16.5. The van der Waals surface area contributed by atoms with Crippen LogP contribution in [-0.4, -0.2) is 58.2 Å². The van der Waals surface area contributed by atoms with Crippen LogP contribution < -0.4 is 9.64 Å². The lowest BCUT2D eigenvalue weighted by Crippen LogP contribution is -2.48. The van der Waals surface area contributed by atoms with Gasteiger partial charge in [0.15, 0.2) is 5.69 Å². The van der Waals surface area contributed by atoms with Gasteiger partial charge in [0.05, 0.1) is 7.11 Å². The van der Waals surface area contributed by atoms with E-state index >= 15 is 0 Å². The zero-order chi connectivity index (χ0) is 18.1. The molecule has 0 spiro atoms. The highest BCUT2D eigenvalue weighted by Gasteiger charge is 2.37. The summed E-state index contributed by atoms with van der Waals surface area (Å²) in [5.41, 5.74) is 0.389. The third-order valence-corrected chi connectivity index (χ3v) is 5.03. The van der Waals surface area contributed by atoms with E-state index in [9.17, 15) is 4.79 Å². The average molecular weight is 357 g/mol. The van der Waals surface area contributed by atoms with E-state index in [1.54, 1.807) is 26.4 Å². The summed E-state index contributed by atoms with van der Waals surface area (Å²) in [5.74, 6) is 2.09. The Morgan fingerprint density at radius 2 is 1.92 bits per heavy atom. The molecule has 0 atom stereocenters. The first-order valence-corrected chi connectivity index (χ1v) is 9.02. The number of nitrogens with zero attached hydrogens (tertiary/aromatic N) is 5. The molecule has 0 aromatic carbocycles. The fraction of sp³-hybridized carbons (Fsp3) is 0.556. The summed E-state index contributed by atoms with van der Waals surface area (Å²) in [6.07, 6.45) is 5.74. The van der Waals surface area contributed by atoms with Crippen LogP contribution in [0.15, 0.2) is 23.0 Å². The molecular formula is C18H23N5O3. The van der Waals surface area contributed by atoms with Crippen molar-refractivity contribution in [1.29, 1.82) is 0 Å². The molecule has 1 saturated heterocycles. The van der Waals surface area contributed by atoms with Crippen molar-refractivity contribution in [3.05, 3.63) is 29.9 Å². The van der Waals surface area contributed by atoms with Crippen molar-refractivity contribution in [3.8, 4) is 5.88 Å². The van der Waals surface area contributed by atoms with Gasteiger partial charge in [-0.3, -0.25) is 4.79 Å². The van der Waals surface area contributed by atoms with Crippen LogP contribution in [0.1, 0.15) is 41.9 Å². The molecule has 1 aliphatic heterocycles. The summed E-state index contributed by atoms with van der Waals surface area (Å²) in [5, 5.41) is 3.84. The molecule has 1 aliphatic carbocycles. The van der Waals surface area contributed by atoms with Crippen molar-refractivity contribution in [2.45, 2.75) is 44.7 Å². The minimum Gasteiger partial charge on any atom is -0.481 e. The minimum absolute atomic E-state index is 0.0537. The van der Waals surface area contributed by atoms with E-state index in [0.29, 0.717) is 42.5 Å². The fourth-order valence-corrected chi connectivity index (χ4v) is 3.58. The fourth-order valence-electron chi connectivity index (χ4n) is 3.58. The number of anilines is 1. The van der Waals surface area contributed by atoms with E-state index in [1.165, 1.54) is 12.8 Å². The summed E-state index contributed by atoms with van der Waals surface area (Å²) in [4.78, 5) is 25.4. The van der Waals surface area contributed by atoms with E-state index in [0.717, 1.165) is 18.7 Å². The summed E-state index contributed by atoms with van der Waals surface area (Å²) < 4.78 is 10.3. The molecule has 2 aliphatic rings. The molecule has 2 aromatic rings. The predicted molar refractivity (Wildman–Crippen MR) is 94.3 cm³/mol. The smallest absolute Gasteiger partial charge is 0.276 e. The number of rotatable bonds is 5. The molecule has 2 aromatic heterocycles. The first-order chi connectivity index (χ1) is 12.7. The minimum atomic E-state index is -0.0537. The Bertz CT molecular complexity index is 781. The third-order valence-electron chi connectivity index (χ3n) is 5.03. The molecule has 8 nitrogen and oxygen atoms in total. The maximum absolute atomic E-state index is 12.5. The summed E-state index contributed by atoms with van der Waals surface area (Å²) in [7, 11) is 1.61. The number of carbonyl (C=O) groups is 1. The summed E-state index contributed by atoms with van der Waals surface area (Å²) >= 11 is 0. The molecule has 1 saturated carbocycles. The van der Waals surface area contributed by atoms with Gasteiger partial charge in [-0.1, -0.05) is 5.16 Å². The molecule has 3 heterocycles. The molecule has 0 radical (unpaired) electrons. The molecule has 0 N–H and O–H groups in total. The first kappa shape index (κ1) is 16.8. The number of piperidine rings is 1. The van der Waals surface area contributed by atoms with E-state index in [4.69, 9.17) is 9.26 Å². The highest BCUT2D eigenvalue weighted by molar-refractivity contribution is 5.92. The Hall–Kier alpha value is -2.64. The highest BCUT2D eigenvalue weighted by Crippen LogP contribution is 2.36. The second kappa shape index (κ2) is 6.93. The Morgan fingerprint density at radius 1 is 1.19 bits per heavy atom. The number of likely N-dealkylation sites (tertiary alicyclic amines) is 1. The first-order valence-electron chi connectivity index (χ1n) is 9.02. The normalized spacial score (nSPS) is 18.0. The zero-order valence-electron chi connectivity index (χ0n) is 15.1. The van der Waals surface area contributed by atoms with E-state index in [2.05, 4.69) is 20.0 Å². The Balaban J connectivity index is 1.44. The number of amides is 1. The van der Waals surface area contributed by atoms with Crippen molar-refractivity contribution in [2.24, 2.45) is 0 Å². The van der Waals surface area contributed by atoms with Crippen LogP contribution in [0.5, 0.6) is 5.88 Å². The van der Waals surface area contributed by atoms with Gasteiger partial charge in [-0.15, -0.1) is 0 Å². The topological polar surface area (TPSA) is 84.6 Å².